The monoisotopic (exact) mass is 702 g/mol. The minimum absolute atomic E-state index is 0.873. The molecular formula is C52H34N2O. The van der Waals surface area contributed by atoms with Crippen molar-refractivity contribution in [3.05, 3.63) is 206 Å². The predicted molar refractivity (Wildman–Crippen MR) is 231 cm³/mol. The van der Waals surface area contributed by atoms with Crippen LogP contribution in [0.5, 0.6) is 0 Å². The second-order valence-electron chi connectivity index (χ2n) is 14.2. The molecule has 0 amide bonds. The first-order valence-corrected chi connectivity index (χ1v) is 18.8. The molecule has 258 valence electrons. The second-order valence-corrected chi connectivity index (χ2v) is 14.2. The fourth-order valence-corrected chi connectivity index (χ4v) is 8.35. The largest absolute Gasteiger partial charge is 0.456 e. The number of aromatic nitrogens is 1. The van der Waals surface area contributed by atoms with Gasteiger partial charge in [-0.2, -0.15) is 0 Å². The second kappa shape index (κ2) is 12.6. The summed E-state index contributed by atoms with van der Waals surface area (Å²) in [7, 11) is 0. The van der Waals surface area contributed by atoms with Crippen LogP contribution in [-0.4, -0.2) is 4.57 Å². The number of furan rings is 1. The van der Waals surface area contributed by atoms with Crippen LogP contribution in [0.2, 0.25) is 0 Å². The van der Waals surface area contributed by atoms with E-state index in [9.17, 15) is 0 Å². The van der Waals surface area contributed by atoms with Crippen molar-refractivity contribution >= 4 is 71.6 Å². The van der Waals surface area contributed by atoms with Gasteiger partial charge in [0, 0.05) is 33.2 Å². The highest BCUT2D eigenvalue weighted by Crippen LogP contribution is 2.44. The van der Waals surface area contributed by atoms with Gasteiger partial charge in [-0.25, -0.2) is 0 Å². The van der Waals surface area contributed by atoms with Crippen molar-refractivity contribution < 1.29 is 4.42 Å². The molecule has 11 aromatic rings. The molecule has 0 aliphatic rings. The van der Waals surface area contributed by atoms with E-state index in [1.807, 2.05) is 12.1 Å². The molecule has 0 aliphatic heterocycles. The van der Waals surface area contributed by atoms with Crippen LogP contribution in [0.25, 0.3) is 82.5 Å². The lowest BCUT2D eigenvalue weighted by molar-refractivity contribution is 0.669. The lowest BCUT2D eigenvalue weighted by atomic mass is 10.0. The highest BCUT2D eigenvalue weighted by atomic mass is 16.3. The molecule has 0 bridgehead atoms. The molecule has 55 heavy (non-hydrogen) atoms. The van der Waals surface area contributed by atoms with Crippen LogP contribution in [0, 0.1) is 0 Å². The molecule has 2 heterocycles. The molecule has 0 fully saturated rings. The number of hydrogen-bond donors (Lipinski definition) is 0. The number of anilines is 3. The fraction of sp³-hybridized carbons (Fsp3) is 0. The highest BCUT2D eigenvalue weighted by molar-refractivity contribution is 6.14. The number of hydrogen-bond acceptors (Lipinski definition) is 2. The van der Waals surface area contributed by atoms with Gasteiger partial charge in [0.15, 0.2) is 0 Å². The number of para-hydroxylation sites is 2. The van der Waals surface area contributed by atoms with Crippen LogP contribution in [0.3, 0.4) is 0 Å². The van der Waals surface area contributed by atoms with Gasteiger partial charge >= 0.3 is 0 Å². The molecule has 2 aromatic heterocycles. The molecule has 0 unspecified atom stereocenters. The predicted octanol–water partition coefficient (Wildman–Crippen LogP) is 14.6. The van der Waals surface area contributed by atoms with Gasteiger partial charge in [-0.15, -0.1) is 0 Å². The van der Waals surface area contributed by atoms with Gasteiger partial charge in [0.25, 0.3) is 0 Å². The molecule has 0 saturated heterocycles. The summed E-state index contributed by atoms with van der Waals surface area (Å²) in [5.41, 5.74) is 13.3. The van der Waals surface area contributed by atoms with Gasteiger partial charge in [0.05, 0.1) is 22.1 Å². The zero-order valence-corrected chi connectivity index (χ0v) is 29.9. The van der Waals surface area contributed by atoms with E-state index in [0.29, 0.717) is 0 Å². The topological polar surface area (TPSA) is 21.3 Å². The Hall–Kier alpha value is -7.36. The summed E-state index contributed by atoms with van der Waals surface area (Å²) in [5, 5.41) is 7.17. The van der Waals surface area contributed by atoms with E-state index >= 15 is 0 Å². The Balaban J connectivity index is 1.03. The van der Waals surface area contributed by atoms with Gasteiger partial charge in [0.1, 0.15) is 11.2 Å². The van der Waals surface area contributed by atoms with Crippen LogP contribution < -0.4 is 4.90 Å². The van der Waals surface area contributed by atoms with Gasteiger partial charge in [-0.3, -0.25) is 0 Å². The summed E-state index contributed by atoms with van der Waals surface area (Å²) < 4.78 is 8.75. The fourth-order valence-electron chi connectivity index (χ4n) is 8.35. The summed E-state index contributed by atoms with van der Waals surface area (Å²) in [6.45, 7) is 0. The average molecular weight is 703 g/mol. The molecule has 11 rings (SSSR count). The van der Waals surface area contributed by atoms with Gasteiger partial charge in [0.2, 0.25) is 0 Å². The van der Waals surface area contributed by atoms with E-state index in [4.69, 9.17) is 4.42 Å². The van der Waals surface area contributed by atoms with Crippen LogP contribution in [0.15, 0.2) is 211 Å². The third kappa shape index (κ3) is 5.20. The molecule has 0 radical (unpaired) electrons. The van der Waals surface area contributed by atoms with Gasteiger partial charge in [-0.1, -0.05) is 133 Å². The normalized spacial score (nSPS) is 11.6. The average Bonchev–Trinajstić information content (AvgIpc) is 3.80. The van der Waals surface area contributed by atoms with Crippen LogP contribution in [0.4, 0.5) is 17.1 Å². The molecule has 0 spiro atoms. The molecule has 0 atom stereocenters. The Bertz CT molecular complexity index is 3190. The Kier molecular flexibility index (Phi) is 7.17. The highest BCUT2D eigenvalue weighted by Gasteiger charge is 2.20. The van der Waals surface area contributed by atoms with Gasteiger partial charge in [-0.05, 0) is 106 Å². The summed E-state index contributed by atoms with van der Waals surface area (Å²) in [6, 6.07) is 73.9. The molecule has 3 heteroatoms. The van der Waals surface area contributed by atoms with Crippen molar-refractivity contribution in [3.63, 3.8) is 0 Å². The number of nitrogens with zero attached hydrogens (tertiary/aromatic N) is 2. The smallest absolute Gasteiger partial charge is 0.137 e. The first kappa shape index (κ1) is 31.2. The molecule has 3 nitrogen and oxygen atoms in total. The SMILES string of the molecule is c1ccc(-c2ccc(N(c3ccc(-c4ccc5c(c4)c4ccccc4n5-c4ccc5ccccc5c4)cc3)c3cccc4oc5ccccc5c34)cc2)cc1. The van der Waals surface area contributed by atoms with Crippen molar-refractivity contribution in [3.8, 4) is 27.9 Å². The van der Waals surface area contributed by atoms with Crippen LogP contribution >= 0.6 is 0 Å². The first-order chi connectivity index (χ1) is 27.3. The maximum absolute atomic E-state index is 6.35. The standard InChI is InChI=1S/C52H34N2O/c1-2-11-35(12-3-1)37-21-27-41(28-22-37)53(49-18-10-20-51-52(49)45-16-7-9-19-50(45)55-51)42-29-23-38(24-30-42)40-26-32-48-46(34-40)44-15-6-8-17-47(44)54(48)43-31-25-36-13-4-5-14-39(36)33-43/h1-34H. The summed E-state index contributed by atoms with van der Waals surface area (Å²) in [4.78, 5) is 2.35. The third-order valence-corrected chi connectivity index (χ3v) is 11.0. The van der Waals surface area contributed by atoms with Crippen molar-refractivity contribution in [1.29, 1.82) is 0 Å². The zero-order chi connectivity index (χ0) is 36.3. The summed E-state index contributed by atoms with van der Waals surface area (Å²) >= 11 is 0. The number of rotatable bonds is 6. The molecule has 9 aromatic carbocycles. The maximum atomic E-state index is 6.35. The quantitative estimate of drug-likeness (QED) is 0.172. The minimum atomic E-state index is 0.873. The van der Waals surface area contributed by atoms with Crippen molar-refractivity contribution in [2.45, 2.75) is 0 Å². The summed E-state index contributed by atoms with van der Waals surface area (Å²) in [5.74, 6) is 0. The number of fused-ring (bicyclic) bond motifs is 7. The Morgan fingerprint density at radius 3 is 1.76 bits per heavy atom. The number of benzene rings is 9. The Morgan fingerprint density at radius 1 is 0.364 bits per heavy atom. The molecule has 0 aliphatic carbocycles. The molecule has 0 saturated carbocycles. The van der Waals surface area contributed by atoms with Crippen LogP contribution in [-0.2, 0) is 0 Å². The van der Waals surface area contributed by atoms with Crippen molar-refractivity contribution in [1.82, 2.24) is 4.57 Å². The Labute approximate surface area is 318 Å². The van der Waals surface area contributed by atoms with E-state index in [1.165, 1.54) is 60.5 Å². The Morgan fingerprint density at radius 2 is 0.964 bits per heavy atom. The lowest BCUT2D eigenvalue weighted by Crippen LogP contribution is -2.10. The third-order valence-electron chi connectivity index (χ3n) is 11.0. The maximum Gasteiger partial charge on any atom is 0.137 e. The molecule has 0 N–H and O–H groups in total. The van der Waals surface area contributed by atoms with E-state index < -0.39 is 0 Å². The van der Waals surface area contributed by atoms with Crippen molar-refractivity contribution in [2.24, 2.45) is 0 Å². The van der Waals surface area contributed by atoms with E-state index in [2.05, 4.69) is 204 Å². The summed E-state index contributed by atoms with van der Waals surface area (Å²) in [6.07, 6.45) is 0. The zero-order valence-electron chi connectivity index (χ0n) is 29.9. The van der Waals surface area contributed by atoms with Gasteiger partial charge < -0.3 is 13.9 Å². The van der Waals surface area contributed by atoms with E-state index in [-0.39, 0.29) is 0 Å². The van der Waals surface area contributed by atoms with E-state index in [1.54, 1.807) is 0 Å². The first-order valence-electron chi connectivity index (χ1n) is 18.8. The van der Waals surface area contributed by atoms with E-state index in [0.717, 1.165) is 39.0 Å². The minimum Gasteiger partial charge on any atom is -0.456 e. The van der Waals surface area contributed by atoms with Crippen LogP contribution in [0.1, 0.15) is 0 Å². The lowest BCUT2D eigenvalue weighted by Gasteiger charge is -2.26. The molecular weight excluding hydrogens is 669 g/mol. The van der Waals surface area contributed by atoms with Crippen molar-refractivity contribution in [2.75, 3.05) is 4.90 Å².